The maximum Gasteiger partial charge on any atom is 0.255 e. The zero-order chi connectivity index (χ0) is 22.6. The first-order chi connectivity index (χ1) is 16.2. The summed E-state index contributed by atoms with van der Waals surface area (Å²) in [6.45, 7) is 0.660. The number of carbonyl (C=O) groups excluding carboxylic acids is 1. The number of benzene rings is 2. The molecule has 1 saturated carbocycles. The molecule has 0 radical (unpaired) electrons. The molecular weight excluding hydrogens is 410 g/mol. The first kappa shape index (κ1) is 21.2. The number of amides is 1. The van der Waals surface area contributed by atoms with Crippen molar-refractivity contribution >= 4 is 17.4 Å². The highest BCUT2D eigenvalue weighted by Gasteiger charge is 2.23. The lowest BCUT2D eigenvalue weighted by Crippen LogP contribution is -2.40. The zero-order valence-corrected chi connectivity index (χ0v) is 18.6. The topological polar surface area (TPSA) is 84.5 Å². The van der Waals surface area contributed by atoms with E-state index in [1.54, 1.807) is 0 Å². The van der Waals surface area contributed by atoms with Crippen LogP contribution in [0.4, 0.5) is 5.82 Å². The van der Waals surface area contributed by atoms with Gasteiger partial charge in [0.2, 0.25) is 0 Å². The first-order valence-electron chi connectivity index (χ1n) is 11.6. The quantitative estimate of drug-likeness (QED) is 0.410. The van der Waals surface area contributed by atoms with Crippen LogP contribution in [0.25, 0.3) is 16.9 Å². The van der Waals surface area contributed by atoms with Crippen LogP contribution in [0.2, 0.25) is 0 Å². The summed E-state index contributed by atoms with van der Waals surface area (Å²) in [4.78, 5) is 18.2. The molecule has 0 unspecified atom stereocenters. The van der Waals surface area contributed by atoms with Gasteiger partial charge in [-0.3, -0.25) is 9.20 Å². The van der Waals surface area contributed by atoms with E-state index in [9.17, 15) is 4.79 Å². The molecule has 168 valence electrons. The summed E-state index contributed by atoms with van der Waals surface area (Å²) in [5, 5.41) is 6.76. The van der Waals surface area contributed by atoms with Crippen LogP contribution in [0, 0.1) is 0 Å². The zero-order valence-electron chi connectivity index (χ0n) is 18.6. The second-order valence-corrected chi connectivity index (χ2v) is 8.71. The van der Waals surface area contributed by atoms with Crippen molar-refractivity contribution in [1.82, 2.24) is 14.7 Å². The Morgan fingerprint density at radius 1 is 0.939 bits per heavy atom. The number of aromatic nitrogens is 2. The molecule has 5 rings (SSSR count). The lowest BCUT2D eigenvalue weighted by atomic mass is 9.91. The molecule has 1 aliphatic rings. The molecule has 4 N–H and O–H groups in total. The maximum atomic E-state index is 13.2. The molecule has 0 bridgehead atoms. The minimum Gasteiger partial charge on any atom is -0.365 e. The maximum absolute atomic E-state index is 13.2. The fourth-order valence-electron chi connectivity index (χ4n) is 4.52. The summed E-state index contributed by atoms with van der Waals surface area (Å²) < 4.78 is 1.98. The monoisotopic (exact) mass is 439 g/mol. The van der Waals surface area contributed by atoms with Crippen LogP contribution in [0.3, 0.4) is 0 Å². The molecule has 4 aromatic rings. The molecule has 6 nitrogen and oxygen atoms in total. The van der Waals surface area contributed by atoms with Gasteiger partial charge < -0.3 is 16.4 Å². The second kappa shape index (κ2) is 9.46. The van der Waals surface area contributed by atoms with E-state index < -0.39 is 0 Å². The third-order valence-electron chi connectivity index (χ3n) is 6.35. The normalized spacial score (nSPS) is 18.2. The Balaban J connectivity index is 1.50. The molecule has 0 atom stereocenters. The average Bonchev–Trinajstić information content (AvgIpc) is 3.24. The van der Waals surface area contributed by atoms with E-state index in [1.807, 2.05) is 71.3 Å². The lowest BCUT2D eigenvalue weighted by molar-refractivity contribution is 0.0927. The summed E-state index contributed by atoms with van der Waals surface area (Å²) in [7, 11) is 0. The molecule has 2 aromatic carbocycles. The number of rotatable bonds is 6. The van der Waals surface area contributed by atoms with Crippen LogP contribution in [0.5, 0.6) is 0 Å². The van der Waals surface area contributed by atoms with Gasteiger partial charge in [0.25, 0.3) is 5.91 Å². The van der Waals surface area contributed by atoms with Crippen molar-refractivity contribution in [2.45, 2.75) is 44.3 Å². The molecule has 0 spiro atoms. The molecular formula is C27H29N5O. The van der Waals surface area contributed by atoms with Crippen LogP contribution >= 0.6 is 0 Å². The van der Waals surface area contributed by atoms with Crippen molar-refractivity contribution in [1.29, 1.82) is 0 Å². The van der Waals surface area contributed by atoms with Crippen LogP contribution in [-0.4, -0.2) is 27.4 Å². The average molecular weight is 440 g/mol. The number of nitrogens with one attached hydrogen (secondary N) is 2. The van der Waals surface area contributed by atoms with Gasteiger partial charge in [0.15, 0.2) is 5.65 Å². The lowest BCUT2D eigenvalue weighted by Gasteiger charge is -2.26. The number of hydrogen-bond donors (Lipinski definition) is 3. The fraction of sp³-hybridized carbons (Fsp3) is 0.259. The van der Waals surface area contributed by atoms with Crippen molar-refractivity contribution in [3.05, 3.63) is 90.1 Å². The van der Waals surface area contributed by atoms with E-state index in [0.717, 1.165) is 42.8 Å². The van der Waals surface area contributed by atoms with Gasteiger partial charge >= 0.3 is 0 Å². The van der Waals surface area contributed by atoms with E-state index in [1.165, 1.54) is 5.56 Å². The minimum atomic E-state index is -0.0831. The number of pyridine rings is 1. The highest BCUT2D eigenvalue weighted by Crippen LogP contribution is 2.30. The van der Waals surface area contributed by atoms with E-state index in [4.69, 9.17) is 10.7 Å². The molecule has 2 heterocycles. The molecule has 33 heavy (non-hydrogen) atoms. The van der Waals surface area contributed by atoms with Crippen molar-refractivity contribution in [2.75, 3.05) is 5.32 Å². The number of nitrogens with zero attached hydrogens (tertiary/aromatic N) is 2. The van der Waals surface area contributed by atoms with Crippen LogP contribution in [-0.2, 0) is 6.54 Å². The van der Waals surface area contributed by atoms with Crippen LogP contribution in [0.1, 0.15) is 41.6 Å². The van der Waals surface area contributed by atoms with Crippen LogP contribution in [0.15, 0.2) is 79.0 Å². The number of anilines is 1. The first-order valence-corrected chi connectivity index (χ1v) is 11.6. The van der Waals surface area contributed by atoms with Gasteiger partial charge in [-0.15, -0.1) is 0 Å². The Morgan fingerprint density at radius 2 is 1.64 bits per heavy atom. The summed E-state index contributed by atoms with van der Waals surface area (Å²) in [5.74, 6) is 0.790. The van der Waals surface area contributed by atoms with E-state index >= 15 is 0 Å². The van der Waals surface area contributed by atoms with Gasteiger partial charge in [-0.1, -0.05) is 60.7 Å². The van der Waals surface area contributed by atoms with Crippen molar-refractivity contribution < 1.29 is 4.79 Å². The summed E-state index contributed by atoms with van der Waals surface area (Å²) in [6.07, 6.45) is 5.69. The standard InChI is InChI=1S/C27H29N5O/c28-21-13-15-22(16-14-21)30-27(33)23-12-7-17-32-25(23)31-24(20-10-5-2-6-11-20)26(32)29-18-19-8-3-1-4-9-19/h1-12,17,21-22,29H,13-16,18,28H2,(H,30,33). The van der Waals surface area contributed by atoms with Crippen molar-refractivity contribution in [3.63, 3.8) is 0 Å². The van der Waals surface area contributed by atoms with Gasteiger partial charge in [-0.05, 0) is 43.4 Å². The predicted octanol–water partition coefficient (Wildman–Crippen LogP) is 4.61. The third kappa shape index (κ3) is 4.61. The van der Waals surface area contributed by atoms with Crippen molar-refractivity contribution in [2.24, 2.45) is 5.73 Å². The smallest absolute Gasteiger partial charge is 0.255 e. The second-order valence-electron chi connectivity index (χ2n) is 8.71. The third-order valence-corrected chi connectivity index (χ3v) is 6.35. The van der Waals surface area contributed by atoms with E-state index in [2.05, 4.69) is 22.8 Å². The molecule has 0 aliphatic heterocycles. The van der Waals surface area contributed by atoms with Crippen LogP contribution < -0.4 is 16.4 Å². The Morgan fingerprint density at radius 3 is 2.36 bits per heavy atom. The van der Waals surface area contributed by atoms with Gasteiger partial charge in [0.05, 0.1) is 5.56 Å². The Kier molecular flexibility index (Phi) is 6.09. The number of nitrogens with two attached hydrogens (primary N) is 1. The molecule has 1 aliphatic carbocycles. The Bertz CT molecular complexity index is 1230. The van der Waals surface area contributed by atoms with E-state index in [-0.39, 0.29) is 18.0 Å². The molecule has 2 aromatic heterocycles. The summed E-state index contributed by atoms with van der Waals surface area (Å²) in [6, 6.07) is 24.5. The predicted molar refractivity (Wildman–Crippen MR) is 132 cm³/mol. The highest BCUT2D eigenvalue weighted by molar-refractivity contribution is 6.01. The summed E-state index contributed by atoms with van der Waals surface area (Å²) in [5.41, 5.74) is 10.3. The SMILES string of the molecule is NC1CCC(NC(=O)c2cccn3c(NCc4ccccc4)c(-c4ccccc4)nc23)CC1. The molecule has 1 amide bonds. The number of fused-ring (bicyclic) bond motifs is 1. The summed E-state index contributed by atoms with van der Waals surface area (Å²) >= 11 is 0. The minimum absolute atomic E-state index is 0.0831. The van der Waals surface area contributed by atoms with Gasteiger partial charge in [0, 0.05) is 30.4 Å². The van der Waals surface area contributed by atoms with Gasteiger partial charge in [0.1, 0.15) is 11.5 Å². The van der Waals surface area contributed by atoms with E-state index in [0.29, 0.717) is 17.8 Å². The van der Waals surface area contributed by atoms with Gasteiger partial charge in [-0.2, -0.15) is 0 Å². The number of hydrogen-bond acceptors (Lipinski definition) is 4. The number of imidazole rings is 1. The number of carbonyl (C=O) groups is 1. The van der Waals surface area contributed by atoms with Crippen molar-refractivity contribution in [3.8, 4) is 11.3 Å². The molecule has 0 saturated heterocycles. The fourth-order valence-corrected chi connectivity index (χ4v) is 4.52. The van der Waals surface area contributed by atoms with Gasteiger partial charge in [-0.25, -0.2) is 4.98 Å². The molecule has 1 fully saturated rings. The Hall–Kier alpha value is -3.64. The molecule has 6 heteroatoms. The largest absolute Gasteiger partial charge is 0.365 e. The Labute approximate surface area is 193 Å². The highest BCUT2D eigenvalue weighted by atomic mass is 16.1.